The molecular formula is C13H11N. The average Bonchev–Trinajstić information content (AvgIpc) is 2.30. The van der Waals surface area contributed by atoms with E-state index in [1.807, 2.05) is 24.3 Å². The normalized spacial score (nSPS) is 14.6. The van der Waals surface area contributed by atoms with Gasteiger partial charge in [0.15, 0.2) is 0 Å². The van der Waals surface area contributed by atoms with Crippen LogP contribution in [-0.4, -0.2) is 0 Å². The molecule has 0 atom stereocenters. The second-order valence-corrected chi connectivity index (χ2v) is 3.33. The Bertz CT molecular complexity index is 433. The van der Waals surface area contributed by atoms with Gasteiger partial charge in [0, 0.05) is 0 Å². The van der Waals surface area contributed by atoms with Crippen molar-refractivity contribution in [2.24, 2.45) is 0 Å². The summed E-state index contributed by atoms with van der Waals surface area (Å²) in [5.41, 5.74) is 3.09. The summed E-state index contributed by atoms with van der Waals surface area (Å²) in [5, 5.41) is 8.77. The smallest absolute Gasteiger partial charge is 0.0991 e. The molecule has 0 heterocycles. The summed E-state index contributed by atoms with van der Waals surface area (Å²) in [6, 6.07) is 9.89. The van der Waals surface area contributed by atoms with Crippen LogP contribution in [0, 0.1) is 11.3 Å². The maximum absolute atomic E-state index is 8.77. The highest BCUT2D eigenvalue weighted by Gasteiger charge is 2.01. The van der Waals surface area contributed by atoms with Crippen LogP contribution in [0.2, 0.25) is 0 Å². The summed E-state index contributed by atoms with van der Waals surface area (Å²) in [5.74, 6) is 0. The molecule has 1 nitrogen and oxygen atoms in total. The molecule has 0 spiro atoms. The molecule has 0 saturated heterocycles. The molecule has 1 aliphatic carbocycles. The second-order valence-electron chi connectivity index (χ2n) is 3.33. The number of nitriles is 1. The van der Waals surface area contributed by atoms with Gasteiger partial charge in [0.25, 0.3) is 0 Å². The zero-order chi connectivity index (χ0) is 9.80. The van der Waals surface area contributed by atoms with Crippen molar-refractivity contribution in [3.05, 3.63) is 53.6 Å². The fraction of sp³-hybridized carbons (Fsp3) is 0.154. The fourth-order valence-electron chi connectivity index (χ4n) is 1.60. The van der Waals surface area contributed by atoms with Crippen LogP contribution in [-0.2, 0) is 0 Å². The summed E-state index contributed by atoms with van der Waals surface area (Å²) in [6.45, 7) is 0. The van der Waals surface area contributed by atoms with Crippen LogP contribution < -0.4 is 0 Å². The van der Waals surface area contributed by atoms with Crippen LogP contribution in [0.25, 0.3) is 5.57 Å². The van der Waals surface area contributed by atoms with E-state index in [9.17, 15) is 0 Å². The van der Waals surface area contributed by atoms with Gasteiger partial charge in [0.1, 0.15) is 0 Å². The Morgan fingerprint density at radius 1 is 1.21 bits per heavy atom. The van der Waals surface area contributed by atoms with Crippen LogP contribution in [0.3, 0.4) is 0 Å². The van der Waals surface area contributed by atoms with E-state index >= 15 is 0 Å². The van der Waals surface area contributed by atoms with Crippen LogP contribution >= 0.6 is 0 Å². The molecule has 0 unspecified atom stereocenters. The Hall–Kier alpha value is -1.81. The Labute approximate surface area is 84.0 Å². The molecule has 1 aromatic rings. The van der Waals surface area contributed by atoms with Gasteiger partial charge in [-0.3, -0.25) is 0 Å². The molecule has 0 N–H and O–H groups in total. The lowest BCUT2D eigenvalue weighted by atomic mass is 9.98. The van der Waals surface area contributed by atoms with E-state index in [1.54, 1.807) is 0 Å². The minimum absolute atomic E-state index is 0.724. The summed E-state index contributed by atoms with van der Waals surface area (Å²) < 4.78 is 0. The van der Waals surface area contributed by atoms with Gasteiger partial charge in [-0.25, -0.2) is 0 Å². The molecule has 0 radical (unpaired) electrons. The molecule has 14 heavy (non-hydrogen) atoms. The van der Waals surface area contributed by atoms with Gasteiger partial charge in [0.2, 0.25) is 0 Å². The highest BCUT2D eigenvalue weighted by molar-refractivity contribution is 5.75. The van der Waals surface area contributed by atoms with E-state index in [4.69, 9.17) is 5.26 Å². The van der Waals surface area contributed by atoms with Crippen molar-refractivity contribution in [2.45, 2.75) is 12.8 Å². The highest BCUT2D eigenvalue weighted by atomic mass is 14.2. The van der Waals surface area contributed by atoms with Crippen molar-refractivity contribution in [2.75, 3.05) is 0 Å². The van der Waals surface area contributed by atoms with Crippen LogP contribution in [0.5, 0.6) is 0 Å². The van der Waals surface area contributed by atoms with Gasteiger partial charge in [-0.2, -0.15) is 5.26 Å². The van der Waals surface area contributed by atoms with Gasteiger partial charge in [-0.15, -0.1) is 0 Å². The lowest BCUT2D eigenvalue weighted by molar-refractivity contribution is 1.04. The van der Waals surface area contributed by atoms with Crippen molar-refractivity contribution < 1.29 is 0 Å². The van der Waals surface area contributed by atoms with Gasteiger partial charge in [-0.05, 0) is 36.1 Å². The van der Waals surface area contributed by atoms with Crippen molar-refractivity contribution >= 4 is 5.57 Å². The summed E-state index contributed by atoms with van der Waals surface area (Å²) >= 11 is 0. The maximum Gasteiger partial charge on any atom is 0.0991 e. The maximum atomic E-state index is 8.77. The van der Waals surface area contributed by atoms with E-state index in [2.05, 4.69) is 24.3 Å². The predicted octanol–water partition coefficient (Wildman–Crippen LogP) is 3.29. The first-order valence-electron chi connectivity index (χ1n) is 4.77. The monoisotopic (exact) mass is 181 g/mol. The second kappa shape index (κ2) is 3.93. The summed E-state index contributed by atoms with van der Waals surface area (Å²) in [6.07, 6.45) is 8.74. The van der Waals surface area contributed by atoms with Crippen molar-refractivity contribution in [3.8, 4) is 6.07 Å². The first-order valence-corrected chi connectivity index (χ1v) is 4.77. The first kappa shape index (κ1) is 8.77. The number of benzene rings is 1. The van der Waals surface area contributed by atoms with E-state index in [1.165, 1.54) is 5.57 Å². The Balaban J connectivity index is 2.37. The molecule has 68 valence electrons. The van der Waals surface area contributed by atoms with E-state index in [-0.39, 0.29) is 0 Å². The van der Waals surface area contributed by atoms with Crippen LogP contribution in [0.1, 0.15) is 24.0 Å². The third kappa shape index (κ3) is 1.75. The fourth-order valence-corrected chi connectivity index (χ4v) is 1.60. The van der Waals surface area contributed by atoms with Gasteiger partial charge < -0.3 is 0 Å². The number of hydrogen-bond donors (Lipinski definition) is 0. The molecule has 0 bridgehead atoms. The quantitative estimate of drug-likeness (QED) is 0.652. The third-order valence-corrected chi connectivity index (χ3v) is 2.32. The van der Waals surface area contributed by atoms with Crippen molar-refractivity contribution in [1.82, 2.24) is 0 Å². The zero-order valence-corrected chi connectivity index (χ0v) is 7.90. The van der Waals surface area contributed by atoms with Gasteiger partial charge in [-0.1, -0.05) is 30.4 Å². The van der Waals surface area contributed by atoms with Crippen LogP contribution in [0.15, 0.2) is 42.5 Å². The first-order chi connectivity index (χ1) is 6.90. The van der Waals surface area contributed by atoms with Crippen molar-refractivity contribution in [3.63, 3.8) is 0 Å². The van der Waals surface area contributed by atoms with Crippen LogP contribution in [0.4, 0.5) is 0 Å². The number of allylic oxidation sites excluding steroid dienone is 4. The Morgan fingerprint density at radius 3 is 2.86 bits per heavy atom. The number of nitrogens with zero attached hydrogens (tertiary/aromatic N) is 1. The largest absolute Gasteiger partial charge is 0.192 e. The average molecular weight is 181 g/mol. The topological polar surface area (TPSA) is 23.8 Å². The molecule has 0 aliphatic heterocycles. The molecule has 0 aromatic heterocycles. The molecule has 0 saturated carbocycles. The number of rotatable bonds is 1. The third-order valence-electron chi connectivity index (χ3n) is 2.32. The van der Waals surface area contributed by atoms with Gasteiger partial charge >= 0.3 is 0 Å². The van der Waals surface area contributed by atoms with E-state index < -0.39 is 0 Å². The minimum Gasteiger partial charge on any atom is -0.192 e. The Morgan fingerprint density at radius 2 is 2.14 bits per heavy atom. The summed E-state index contributed by atoms with van der Waals surface area (Å²) in [7, 11) is 0. The number of hydrogen-bond acceptors (Lipinski definition) is 1. The van der Waals surface area contributed by atoms with E-state index in [0.29, 0.717) is 0 Å². The highest BCUT2D eigenvalue weighted by Crippen LogP contribution is 2.21. The molecule has 1 heteroatoms. The van der Waals surface area contributed by atoms with Crippen molar-refractivity contribution in [1.29, 1.82) is 5.26 Å². The molecule has 1 aliphatic rings. The minimum atomic E-state index is 0.724. The lowest BCUT2D eigenvalue weighted by Crippen LogP contribution is -1.86. The SMILES string of the molecule is N#Cc1cccc(C2=CCCC=C2)c1. The Kier molecular flexibility index (Phi) is 2.46. The molecule has 2 rings (SSSR count). The molecule has 0 amide bonds. The standard InChI is InChI=1S/C13H11N/c14-10-11-5-4-8-13(9-11)12-6-2-1-3-7-12/h2,4-9H,1,3H2. The molecule has 0 fully saturated rings. The molecule has 1 aromatic carbocycles. The van der Waals surface area contributed by atoms with Gasteiger partial charge in [0.05, 0.1) is 11.6 Å². The molecular weight excluding hydrogens is 170 g/mol. The lowest BCUT2D eigenvalue weighted by Gasteiger charge is -2.06. The predicted molar refractivity (Wildman–Crippen MR) is 57.5 cm³/mol. The zero-order valence-electron chi connectivity index (χ0n) is 7.90. The summed E-state index contributed by atoms with van der Waals surface area (Å²) in [4.78, 5) is 0. The van der Waals surface area contributed by atoms with E-state index in [0.717, 1.165) is 24.0 Å².